The van der Waals surface area contributed by atoms with Crippen LogP contribution in [-0.4, -0.2) is 0 Å². The van der Waals surface area contributed by atoms with E-state index in [1.807, 2.05) is 0 Å². The normalized spacial score (nSPS) is 10.0. The van der Waals surface area contributed by atoms with E-state index < -0.39 is 11.6 Å². The fourth-order valence-corrected chi connectivity index (χ4v) is 1.14. The summed E-state index contributed by atoms with van der Waals surface area (Å²) in [6.07, 6.45) is 0. The molecule has 0 N–H and O–H groups in total. The van der Waals surface area contributed by atoms with Crippen LogP contribution in [0.25, 0.3) is 0 Å². The van der Waals surface area contributed by atoms with Gasteiger partial charge in [0.05, 0.1) is 0 Å². The van der Waals surface area contributed by atoms with E-state index in [1.54, 1.807) is 12.1 Å². The lowest BCUT2D eigenvalue weighted by molar-refractivity contribution is 0.438. The van der Waals surface area contributed by atoms with E-state index in [0.29, 0.717) is 0 Å². The van der Waals surface area contributed by atoms with Gasteiger partial charge < -0.3 is 4.74 Å². The molecular weight excluding hydrogens is 198 g/mol. The molecular formula is C12H7F2O. The molecule has 0 aromatic heterocycles. The van der Waals surface area contributed by atoms with Crippen LogP contribution < -0.4 is 4.74 Å². The van der Waals surface area contributed by atoms with Crippen molar-refractivity contribution in [1.82, 2.24) is 0 Å². The molecule has 0 aliphatic heterocycles. The van der Waals surface area contributed by atoms with Crippen molar-refractivity contribution in [2.45, 2.75) is 0 Å². The molecule has 0 saturated heterocycles. The summed E-state index contributed by atoms with van der Waals surface area (Å²) < 4.78 is 31.0. The highest BCUT2D eigenvalue weighted by atomic mass is 19.1. The van der Waals surface area contributed by atoms with Gasteiger partial charge in [0.2, 0.25) is 0 Å². The van der Waals surface area contributed by atoms with Crippen molar-refractivity contribution in [2.75, 3.05) is 0 Å². The van der Waals surface area contributed by atoms with Gasteiger partial charge in [-0.3, -0.25) is 0 Å². The SMILES string of the molecule is Fc1cccc(Oc2ccc[c]c2F)c1. The number of rotatable bonds is 2. The van der Waals surface area contributed by atoms with E-state index in [-0.39, 0.29) is 11.5 Å². The van der Waals surface area contributed by atoms with Crippen LogP contribution in [0.5, 0.6) is 11.5 Å². The molecule has 0 fully saturated rings. The summed E-state index contributed by atoms with van der Waals surface area (Å²) in [6.45, 7) is 0. The third-order valence-corrected chi connectivity index (χ3v) is 1.79. The minimum absolute atomic E-state index is 0.0306. The van der Waals surface area contributed by atoms with Crippen LogP contribution in [0.2, 0.25) is 0 Å². The summed E-state index contributed by atoms with van der Waals surface area (Å²) in [4.78, 5) is 0. The molecule has 75 valence electrons. The van der Waals surface area contributed by atoms with Crippen LogP contribution in [0, 0.1) is 17.7 Å². The van der Waals surface area contributed by atoms with Gasteiger partial charge in [-0.05, 0) is 18.2 Å². The third-order valence-electron chi connectivity index (χ3n) is 1.79. The zero-order valence-corrected chi connectivity index (χ0v) is 7.71. The van der Waals surface area contributed by atoms with Gasteiger partial charge in [-0.25, -0.2) is 8.78 Å². The molecule has 0 atom stereocenters. The third kappa shape index (κ3) is 2.31. The predicted molar refractivity (Wildman–Crippen MR) is 51.7 cm³/mol. The summed E-state index contributed by atoms with van der Waals surface area (Å²) in [5.74, 6) is -0.730. The lowest BCUT2D eigenvalue weighted by atomic mass is 10.3. The Bertz CT molecular complexity index is 469. The lowest BCUT2D eigenvalue weighted by Gasteiger charge is -2.05. The van der Waals surface area contributed by atoms with E-state index in [2.05, 4.69) is 6.07 Å². The fourth-order valence-electron chi connectivity index (χ4n) is 1.14. The maximum absolute atomic E-state index is 13.1. The van der Waals surface area contributed by atoms with Crippen molar-refractivity contribution in [2.24, 2.45) is 0 Å². The molecule has 0 amide bonds. The first-order valence-corrected chi connectivity index (χ1v) is 4.35. The largest absolute Gasteiger partial charge is 0.454 e. The van der Waals surface area contributed by atoms with Crippen LogP contribution in [0.3, 0.4) is 0 Å². The average molecular weight is 205 g/mol. The Morgan fingerprint density at radius 3 is 2.67 bits per heavy atom. The van der Waals surface area contributed by atoms with Crippen molar-refractivity contribution >= 4 is 0 Å². The summed E-state index contributed by atoms with van der Waals surface area (Å²) in [6, 6.07) is 12.4. The van der Waals surface area contributed by atoms with E-state index in [4.69, 9.17) is 4.74 Å². The molecule has 2 aromatic carbocycles. The van der Waals surface area contributed by atoms with E-state index in [0.717, 1.165) is 0 Å². The minimum atomic E-state index is -0.596. The van der Waals surface area contributed by atoms with Crippen LogP contribution in [0.15, 0.2) is 42.5 Å². The highest BCUT2D eigenvalue weighted by Crippen LogP contribution is 2.23. The van der Waals surface area contributed by atoms with E-state index >= 15 is 0 Å². The second kappa shape index (κ2) is 4.09. The zero-order valence-electron chi connectivity index (χ0n) is 7.71. The lowest BCUT2D eigenvalue weighted by Crippen LogP contribution is -1.88. The van der Waals surface area contributed by atoms with Crippen molar-refractivity contribution in [3.8, 4) is 11.5 Å². The smallest absolute Gasteiger partial charge is 0.173 e. The number of ether oxygens (including phenoxy) is 1. The van der Waals surface area contributed by atoms with Gasteiger partial charge in [0, 0.05) is 12.1 Å². The Balaban J connectivity index is 2.26. The number of benzene rings is 2. The van der Waals surface area contributed by atoms with Gasteiger partial charge in [-0.2, -0.15) is 0 Å². The first-order valence-electron chi connectivity index (χ1n) is 4.35. The first-order chi connectivity index (χ1) is 7.25. The Hall–Kier alpha value is -1.90. The molecule has 15 heavy (non-hydrogen) atoms. The molecule has 0 bridgehead atoms. The van der Waals surface area contributed by atoms with Crippen molar-refractivity contribution < 1.29 is 13.5 Å². The standard InChI is InChI=1S/C12H7F2O/c13-9-4-3-5-10(8-9)15-12-7-2-1-6-11(12)14/h1-5,7-8H. The molecule has 0 heterocycles. The molecule has 3 heteroatoms. The number of halogens is 2. The summed E-state index contributed by atoms with van der Waals surface area (Å²) in [5, 5.41) is 0. The maximum Gasteiger partial charge on any atom is 0.173 e. The molecule has 0 spiro atoms. The van der Waals surface area contributed by atoms with Crippen LogP contribution in [0.4, 0.5) is 8.78 Å². The maximum atomic E-state index is 13.1. The van der Waals surface area contributed by atoms with Gasteiger partial charge in [0.25, 0.3) is 0 Å². The number of hydrogen-bond acceptors (Lipinski definition) is 1. The molecule has 1 nitrogen and oxygen atoms in total. The highest BCUT2D eigenvalue weighted by molar-refractivity contribution is 5.31. The summed E-state index contributed by atoms with van der Waals surface area (Å²) in [5.41, 5.74) is 0. The second-order valence-corrected chi connectivity index (χ2v) is 2.91. The van der Waals surface area contributed by atoms with Gasteiger partial charge in [0.15, 0.2) is 11.6 Å². The topological polar surface area (TPSA) is 9.23 Å². The van der Waals surface area contributed by atoms with E-state index in [1.165, 1.54) is 30.3 Å². The monoisotopic (exact) mass is 205 g/mol. The quantitative estimate of drug-likeness (QED) is 0.728. The van der Waals surface area contributed by atoms with E-state index in [9.17, 15) is 8.78 Å². The molecule has 2 aromatic rings. The van der Waals surface area contributed by atoms with Gasteiger partial charge >= 0.3 is 0 Å². The molecule has 0 unspecified atom stereocenters. The van der Waals surface area contributed by atoms with Gasteiger partial charge in [-0.1, -0.05) is 18.2 Å². The van der Waals surface area contributed by atoms with Gasteiger partial charge in [-0.15, -0.1) is 0 Å². The Morgan fingerprint density at radius 2 is 1.93 bits per heavy atom. The zero-order chi connectivity index (χ0) is 10.7. The first kappa shape index (κ1) is 9.65. The molecule has 0 aliphatic carbocycles. The summed E-state index contributed by atoms with van der Waals surface area (Å²) in [7, 11) is 0. The van der Waals surface area contributed by atoms with Crippen LogP contribution >= 0.6 is 0 Å². The van der Waals surface area contributed by atoms with Gasteiger partial charge in [0.1, 0.15) is 11.6 Å². The number of hydrogen-bond donors (Lipinski definition) is 0. The molecule has 1 radical (unpaired) electrons. The van der Waals surface area contributed by atoms with Crippen LogP contribution in [-0.2, 0) is 0 Å². The Kier molecular flexibility index (Phi) is 2.63. The Labute approximate surface area is 85.9 Å². The average Bonchev–Trinajstić information content (AvgIpc) is 2.22. The van der Waals surface area contributed by atoms with Crippen molar-refractivity contribution in [3.05, 3.63) is 60.2 Å². The summed E-state index contributed by atoms with van der Waals surface area (Å²) >= 11 is 0. The van der Waals surface area contributed by atoms with Crippen molar-refractivity contribution in [3.63, 3.8) is 0 Å². The second-order valence-electron chi connectivity index (χ2n) is 2.91. The molecule has 0 aliphatic rings. The fraction of sp³-hybridized carbons (Fsp3) is 0. The minimum Gasteiger partial charge on any atom is -0.454 e. The molecule has 2 rings (SSSR count). The Morgan fingerprint density at radius 1 is 1.07 bits per heavy atom. The predicted octanol–water partition coefficient (Wildman–Crippen LogP) is 3.56. The highest BCUT2D eigenvalue weighted by Gasteiger charge is 2.03. The van der Waals surface area contributed by atoms with Crippen molar-refractivity contribution in [1.29, 1.82) is 0 Å². The van der Waals surface area contributed by atoms with Crippen LogP contribution in [0.1, 0.15) is 0 Å². The molecule has 0 saturated carbocycles.